The molecule has 0 aliphatic rings. The van der Waals surface area contributed by atoms with E-state index in [2.05, 4.69) is 15.4 Å². The Hall–Kier alpha value is -2.94. The van der Waals surface area contributed by atoms with Crippen molar-refractivity contribution in [3.63, 3.8) is 0 Å². The summed E-state index contributed by atoms with van der Waals surface area (Å²) in [7, 11) is 6.04. The maximum atomic E-state index is 13.8. The summed E-state index contributed by atoms with van der Waals surface area (Å²) in [6, 6.07) is 7.39. The molecule has 0 aliphatic heterocycles. The first-order valence-electron chi connectivity index (χ1n) is 12.6. The molecule has 3 atom stereocenters. The number of ether oxygens (including phenoxy) is 1. The van der Waals surface area contributed by atoms with Crippen LogP contribution in [-0.4, -0.2) is 86.4 Å². The molecule has 1 rings (SSSR count). The Labute approximate surface area is 222 Å². The largest absolute Gasteiger partial charge is 0.468 e. The third-order valence-corrected chi connectivity index (χ3v) is 6.81. The standard InChI is InChI=1S/C28H46N4O5/c1-18(2)21(25(35)31(9)17-20(33)37-11)32(10)26(36)23(27(3,4)5)30-24(34)22(29-8)28(6,7)19-15-13-12-14-16-19/h12-16,18,21-23,29H,17H2,1-11H3,(H,30,34)/t21-,22+,23?/m0/s1. The number of nitrogens with zero attached hydrogens (tertiary/aromatic N) is 2. The van der Waals surface area contributed by atoms with Crippen LogP contribution in [0.3, 0.4) is 0 Å². The van der Waals surface area contributed by atoms with Crippen LogP contribution in [0.15, 0.2) is 30.3 Å². The zero-order chi connectivity index (χ0) is 28.7. The lowest BCUT2D eigenvalue weighted by atomic mass is 9.76. The first-order chi connectivity index (χ1) is 17.0. The van der Waals surface area contributed by atoms with Gasteiger partial charge >= 0.3 is 5.97 Å². The molecule has 3 amide bonds. The van der Waals surface area contributed by atoms with E-state index in [0.29, 0.717) is 0 Å². The fourth-order valence-electron chi connectivity index (χ4n) is 4.53. The van der Waals surface area contributed by atoms with Gasteiger partial charge in [-0.1, -0.05) is 78.8 Å². The second-order valence-corrected chi connectivity index (χ2v) is 11.5. The SMILES string of the molecule is CN[C@H](C(=O)NC(C(=O)N(C)[C@H](C(=O)N(C)CC(=O)OC)C(C)C)C(C)(C)C)C(C)(C)c1ccccc1. The van der Waals surface area contributed by atoms with Crippen molar-refractivity contribution >= 4 is 23.7 Å². The van der Waals surface area contributed by atoms with Gasteiger partial charge in [-0.15, -0.1) is 0 Å². The number of esters is 1. The van der Waals surface area contributed by atoms with E-state index in [1.165, 1.54) is 24.0 Å². The van der Waals surface area contributed by atoms with Gasteiger partial charge in [-0.25, -0.2) is 0 Å². The molecular formula is C28H46N4O5. The number of hydrogen-bond donors (Lipinski definition) is 2. The van der Waals surface area contributed by atoms with E-state index < -0.39 is 34.9 Å². The lowest BCUT2D eigenvalue weighted by Gasteiger charge is -2.40. The molecule has 0 aromatic heterocycles. The van der Waals surface area contributed by atoms with Crippen molar-refractivity contribution < 1.29 is 23.9 Å². The van der Waals surface area contributed by atoms with Gasteiger partial charge in [0.15, 0.2) is 0 Å². The predicted molar refractivity (Wildman–Crippen MR) is 145 cm³/mol. The first kappa shape index (κ1) is 32.1. The molecule has 0 fully saturated rings. The van der Waals surface area contributed by atoms with Crippen molar-refractivity contribution in [2.45, 2.75) is 72.0 Å². The van der Waals surface area contributed by atoms with Gasteiger partial charge in [-0.05, 0) is 23.9 Å². The first-order valence-corrected chi connectivity index (χ1v) is 12.6. The number of carbonyl (C=O) groups is 4. The van der Waals surface area contributed by atoms with Crippen LogP contribution in [0.25, 0.3) is 0 Å². The Bertz CT molecular complexity index is 940. The molecule has 0 spiro atoms. The summed E-state index contributed by atoms with van der Waals surface area (Å²) in [6.07, 6.45) is 0. The molecular weight excluding hydrogens is 472 g/mol. The Kier molecular flexibility index (Phi) is 11.3. The van der Waals surface area contributed by atoms with Crippen molar-refractivity contribution in [3.8, 4) is 0 Å². The van der Waals surface area contributed by atoms with Crippen LogP contribution in [-0.2, 0) is 29.3 Å². The predicted octanol–water partition coefficient (Wildman–Crippen LogP) is 2.20. The molecule has 2 N–H and O–H groups in total. The van der Waals surface area contributed by atoms with Gasteiger partial charge in [0.25, 0.3) is 0 Å². The Balaban J connectivity index is 3.27. The molecule has 1 aromatic rings. The molecule has 208 valence electrons. The second-order valence-electron chi connectivity index (χ2n) is 11.5. The van der Waals surface area contributed by atoms with Crippen LogP contribution in [0.5, 0.6) is 0 Å². The van der Waals surface area contributed by atoms with E-state index in [1.807, 2.05) is 78.8 Å². The van der Waals surface area contributed by atoms with Gasteiger partial charge in [-0.3, -0.25) is 19.2 Å². The van der Waals surface area contributed by atoms with Crippen molar-refractivity contribution in [2.75, 3.05) is 34.8 Å². The maximum Gasteiger partial charge on any atom is 0.325 e. The van der Waals surface area contributed by atoms with E-state index in [4.69, 9.17) is 0 Å². The number of benzene rings is 1. The van der Waals surface area contributed by atoms with Crippen LogP contribution in [0.4, 0.5) is 0 Å². The lowest BCUT2D eigenvalue weighted by Crippen LogP contribution is -2.63. The van der Waals surface area contributed by atoms with Crippen LogP contribution in [0.2, 0.25) is 0 Å². The van der Waals surface area contributed by atoms with Crippen molar-refractivity contribution in [3.05, 3.63) is 35.9 Å². The molecule has 1 aromatic carbocycles. The fraction of sp³-hybridized carbons (Fsp3) is 0.643. The fourth-order valence-corrected chi connectivity index (χ4v) is 4.53. The third kappa shape index (κ3) is 8.02. The van der Waals surface area contributed by atoms with E-state index >= 15 is 0 Å². The van der Waals surface area contributed by atoms with Gasteiger partial charge < -0.3 is 25.2 Å². The highest BCUT2D eigenvalue weighted by Gasteiger charge is 2.43. The van der Waals surface area contributed by atoms with Crippen molar-refractivity contribution in [1.82, 2.24) is 20.4 Å². The van der Waals surface area contributed by atoms with Crippen LogP contribution in [0, 0.1) is 11.3 Å². The number of nitrogens with one attached hydrogen (secondary N) is 2. The minimum Gasteiger partial charge on any atom is -0.468 e. The Morgan fingerprint density at radius 2 is 1.46 bits per heavy atom. The summed E-state index contributed by atoms with van der Waals surface area (Å²) in [4.78, 5) is 55.0. The van der Waals surface area contributed by atoms with E-state index in [-0.39, 0.29) is 30.2 Å². The van der Waals surface area contributed by atoms with E-state index in [9.17, 15) is 19.2 Å². The molecule has 0 saturated heterocycles. The number of methoxy groups -OCH3 is 1. The molecule has 37 heavy (non-hydrogen) atoms. The number of rotatable bonds is 11. The van der Waals surface area contributed by atoms with E-state index in [1.54, 1.807) is 14.1 Å². The number of hydrogen-bond acceptors (Lipinski definition) is 6. The van der Waals surface area contributed by atoms with Crippen LogP contribution >= 0.6 is 0 Å². The summed E-state index contributed by atoms with van der Waals surface area (Å²) in [5, 5.41) is 6.10. The molecule has 0 saturated carbocycles. The average molecular weight is 519 g/mol. The third-order valence-electron chi connectivity index (χ3n) is 6.81. The topological polar surface area (TPSA) is 108 Å². The summed E-state index contributed by atoms with van der Waals surface area (Å²) in [5.41, 5.74) is -0.220. The molecule has 9 nitrogen and oxygen atoms in total. The normalized spacial score (nSPS) is 14.4. The molecule has 1 unspecified atom stereocenters. The second kappa shape index (κ2) is 13.0. The van der Waals surface area contributed by atoms with Crippen LogP contribution < -0.4 is 10.6 Å². The summed E-state index contributed by atoms with van der Waals surface area (Å²) >= 11 is 0. The summed E-state index contributed by atoms with van der Waals surface area (Å²) in [6.45, 7) is 13.0. The van der Waals surface area contributed by atoms with Crippen molar-refractivity contribution in [1.29, 1.82) is 0 Å². The monoisotopic (exact) mass is 518 g/mol. The van der Waals surface area contributed by atoms with Gasteiger partial charge in [0, 0.05) is 19.5 Å². The Morgan fingerprint density at radius 3 is 1.89 bits per heavy atom. The van der Waals surface area contributed by atoms with Gasteiger partial charge in [-0.2, -0.15) is 0 Å². The molecule has 0 radical (unpaired) electrons. The highest BCUT2D eigenvalue weighted by molar-refractivity contribution is 5.94. The highest BCUT2D eigenvalue weighted by atomic mass is 16.5. The number of amides is 3. The average Bonchev–Trinajstić information content (AvgIpc) is 2.81. The minimum absolute atomic E-state index is 0.224. The minimum atomic E-state index is -0.896. The summed E-state index contributed by atoms with van der Waals surface area (Å²) < 4.78 is 4.67. The van der Waals surface area contributed by atoms with Gasteiger partial charge in [0.05, 0.1) is 13.2 Å². The molecule has 0 aliphatic carbocycles. The van der Waals surface area contributed by atoms with Gasteiger partial charge in [0.2, 0.25) is 17.7 Å². The smallest absolute Gasteiger partial charge is 0.325 e. The Morgan fingerprint density at radius 1 is 0.919 bits per heavy atom. The molecule has 9 heteroatoms. The van der Waals surface area contributed by atoms with Gasteiger partial charge in [0.1, 0.15) is 18.6 Å². The molecule has 0 heterocycles. The summed E-state index contributed by atoms with van der Waals surface area (Å²) in [5.74, 6) is -1.86. The van der Waals surface area contributed by atoms with Crippen molar-refractivity contribution in [2.24, 2.45) is 11.3 Å². The quantitative estimate of drug-likeness (QED) is 0.435. The zero-order valence-corrected chi connectivity index (χ0v) is 24.3. The number of carbonyl (C=O) groups excluding carboxylic acids is 4. The molecule has 0 bridgehead atoms. The zero-order valence-electron chi connectivity index (χ0n) is 24.3. The van der Waals surface area contributed by atoms with E-state index in [0.717, 1.165) is 5.56 Å². The highest BCUT2D eigenvalue weighted by Crippen LogP contribution is 2.29. The lowest BCUT2D eigenvalue weighted by molar-refractivity contribution is -0.152. The maximum absolute atomic E-state index is 13.8. The number of likely N-dealkylation sites (N-methyl/N-ethyl adjacent to an activating group) is 3. The van der Waals surface area contributed by atoms with Crippen LogP contribution in [0.1, 0.15) is 54.0 Å².